The molecule has 4 unspecified atom stereocenters. The minimum Gasteiger partial charge on any atom is -0.462 e. The van der Waals surface area contributed by atoms with Gasteiger partial charge in [-0.05, 0) is 129 Å². The summed E-state index contributed by atoms with van der Waals surface area (Å²) >= 11 is 0. The summed E-state index contributed by atoms with van der Waals surface area (Å²) in [5, 5.41) is 10.6. The maximum Gasteiger partial charge on any atom is 0.312 e. The Bertz CT molecular complexity index is 1160. The Morgan fingerprint density at radius 2 is 1.42 bits per heavy atom. The average molecular weight is 707 g/mol. The highest BCUT2D eigenvalue weighted by Gasteiger charge is 2.59. The van der Waals surface area contributed by atoms with Crippen LogP contribution in [0.2, 0.25) is 0 Å². The molecule has 9 heteroatoms. The highest BCUT2D eigenvalue weighted by Crippen LogP contribution is 2.59. The number of esters is 4. The minimum atomic E-state index is -0.542. The highest BCUT2D eigenvalue weighted by atomic mass is 16.6. The van der Waals surface area contributed by atoms with Crippen molar-refractivity contribution in [2.75, 3.05) is 6.61 Å². The first-order chi connectivity index (χ1) is 23.1. The summed E-state index contributed by atoms with van der Waals surface area (Å²) in [6.45, 7) is 22.2. The molecule has 0 aromatic rings. The Balaban J connectivity index is 0.000000205. The summed E-state index contributed by atoms with van der Waals surface area (Å²) in [5.41, 5.74) is -2.03. The fraction of sp³-hybridized carbons (Fsp3) is 0.902. The van der Waals surface area contributed by atoms with Crippen molar-refractivity contribution in [1.29, 1.82) is 0 Å². The smallest absolute Gasteiger partial charge is 0.312 e. The largest absolute Gasteiger partial charge is 0.462 e. The van der Waals surface area contributed by atoms with Gasteiger partial charge < -0.3 is 24.1 Å². The molecule has 288 valence electrons. The molecular formula is C41H70O9. The molecular weight excluding hydrogens is 636 g/mol. The predicted molar refractivity (Wildman–Crippen MR) is 193 cm³/mol. The van der Waals surface area contributed by atoms with Crippen molar-refractivity contribution in [1.82, 2.24) is 0 Å². The second kappa shape index (κ2) is 16.7. The van der Waals surface area contributed by atoms with Crippen LogP contribution in [0.25, 0.3) is 0 Å². The van der Waals surface area contributed by atoms with Crippen molar-refractivity contribution in [2.45, 2.75) is 189 Å². The lowest BCUT2D eigenvalue weighted by Gasteiger charge is -2.59. The maximum atomic E-state index is 12.2. The molecule has 1 saturated heterocycles. The van der Waals surface area contributed by atoms with Crippen LogP contribution in [-0.4, -0.2) is 58.5 Å². The predicted octanol–water partition coefficient (Wildman–Crippen LogP) is 8.51. The zero-order valence-corrected chi connectivity index (χ0v) is 33.3. The topological polar surface area (TPSA) is 125 Å². The van der Waals surface area contributed by atoms with Crippen LogP contribution in [0.15, 0.2) is 0 Å². The molecule has 0 radical (unpaired) electrons. The third-order valence-corrected chi connectivity index (χ3v) is 12.6. The van der Waals surface area contributed by atoms with Gasteiger partial charge in [-0.25, -0.2) is 0 Å². The van der Waals surface area contributed by atoms with E-state index in [1.165, 1.54) is 32.1 Å². The minimum absolute atomic E-state index is 0.0207. The third-order valence-electron chi connectivity index (χ3n) is 12.6. The Morgan fingerprint density at radius 1 is 0.880 bits per heavy atom. The van der Waals surface area contributed by atoms with Gasteiger partial charge in [-0.2, -0.15) is 0 Å². The molecule has 0 amide bonds. The van der Waals surface area contributed by atoms with Crippen LogP contribution in [0.1, 0.15) is 166 Å². The number of cyclic esters (lactones) is 1. The van der Waals surface area contributed by atoms with E-state index < -0.39 is 11.0 Å². The summed E-state index contributed by atoms with van der Waals surface area (Å²) in [6.07, 6.45) is 12.8. The Labute approximate surface area is 302 Å². The first-order valence-corrected chi connectivity index (χ1v) is 19.6. The second-order valence-corrected chi connectivity index (χ2v) is 18.4. The number of rotatable bonds is 10. The van der Waals surface area contributed by atoms with E-state index in [2.05, 4.69) is 20.8 Å². The summed E-state index contributed by atoms with van der Waals surface area (Å²) in [7, 11) is 0. The summed E-state index contributed by atoms with van der Waals surface area (Å²) in [6, 6.07) is 0. The Morgan fingerprint density at radius 3 is 1.88 bits per heavy atom. The van der Waals surface area contributed by atoms with E-state index in [4.69, 9.17) is 18.9 Å². The Kier molecular flexibility index (Phi) is 14.1. The van der Waals surface area contributed by atoms with Gasteiger partial charge in [0, 0.05) is 6.42 Å². The van der Waals surface area contributed by atoms with Crippen molar-refractivity contribution in [3.8, 4) is 0 Å². The van der Waals surface area contributed by atoms with E-state index in [9.17, 15) is 24.3 Å². The molecule has 1 heterocycles. The van der Waals surface area contributed by atoms with Gasteiger partial charge in [0.05, 0.1) is 28.8 Å². The van der Waals surface area contributed by atoms with E-state index in [-0.39, 0.29) is 65.5 Å². The van der Waals surface area contributed by atoms with Crippen LogP contribution in [0.4, 0.5) is 0 Å². The molecule has 6 aliphatic rings. The normalized spacial score (nSPS) is 32.4. The first kappa shape index (κ1) is 42.3. The molecule has 0 aromatic carbocycles. The van der Waals surface area contributed by atoms with Gasteiger partial charge in [0.15, 0.2) is 0 Å². The summed E-state index contributed by atoms with van der Waals surface area (Å²) in [5.74, 6) is 1.80. The molecule has 9 nitrogen and oxygen atoms in total. The standard InChI is InChI=1S/C16H30O2.C15H24O3.C10H16O4/c1-7-15(3,4)14(17)18-16(5,6)13-10-8-12(2)9-11-13;1-3-10(2)13(16)18-15-7-11-4-12(8-15)6-14(17,5-11)9-15;1-4-10(2,3)9(12)14-7-5-8(11)13-6-7/h12-13H,7-11H2,1-6H3;10-12,17H,3-9H2,1-2H3;7H,4-6H2,1-3H3. The van der Waals surface area contributed by atoms with Crippen molar-refractivity contribution in [2.24, 2.45) is 40.4 Å². The van der Waals surface area contributed by atoms with E-state index in [1.807, 2.05) is 55.4 Å². The molecule has 50 heavy (non-hydrogen) atoms. The quantitative estimate of drug-likeness (QED) is 0.176. The van der Waals surface area contributed by atoms with Gasteiger partial charge >= 0.3 is 23.9 Å². The highest BCUT2D eigenvalue weighted by molar-refractivity contribution is 5.78. The van der Waals surface area contributed by atoms with Gasteiger partial charge in [0.2, 0.25) is 0 Å². The maximum absolute atomic E-state index is 12.2. The van der Waals surface area contributed by atoms with E-state index in [1.54, 1.807) is 0 Å². The van der Waals surface area contributed by atoms with E-state index in [0.717, 1.165) is 44.4 Å². The zero-order chi connectivity index (χ0) is 37.7. The zero-order valence-electron chi connectivity index (χ0n) is 33.3. The van der Waals surface area contributed by atoms with Crippen molar-refractivity contribution < 1.29 is 43.2 Å². The number of carbonyl (C=O) groups is 4. The Hall–Kier alpha value is -2.16. The van der Waals surface area contributed by atoms with Crippen LogP contribution in [-0.2, 0) is 38.1 Å². The van der Waals surface area contributed by atoms with E-state index in [0.29, 0.717) is 30.6 Å². The number of hydrogen-bond donors (Lipinski definition) is 1. The third kappa shape index (κ3) is 11.2. The van der Waals surface area contributed by atoms with Gasteiger partial charge in [0.1, 0.15) is 23.9 Å². The van der Waals surface area contributed by atoms with Crippen LogP contribution in [0.3, 0.4) is 0 Å². The van der Waals surface area contributed by atoms with Crippen LogP contribution in [0.5, 0.6) is 0 Å². The summed E-state index contributed by atoms with van der Waals surface area (Å²) < 4.78 is 21.5. The molecule has 5 saturated carbocycles. The molecule has 6 fully saturated rings. The van der Waals surface area contributed by atoms with Crippen LogP contribution in [0, 0.1) is 40.4 Å². The lowest BCUT2D eigenvalue weighted by molar-refractivity contribution is -0.222. The monoisotopic (exact) mass is 707 g/mol. The second-order valence-electron chi connectivity index (χ2n) is 18.4. The lowest BCUT2D eigenvalue weighted by atomic mass is 9.52. The number of hydrogen-bond acceptors (Lipinski definition) is 9. The molecule has 4 bridgehead atoms. The SMILES string of the molecule is CCC(C)(C)C(=O)OC(C)(C)C1CCC(C)CC1.CCC(C)(C)C(=O)OC1COC(=O)C1.CCC(C)C(=O)OC12CC3CC(CC(O)(C3)C1)C2. The number of aliphatic hydroxyl groups is 1. The van der Waals surface area contributed by atoms with Crippen molar-refractivity contribution in [3.63, 3.8) is 0 Å². The molecule has 4 atom stereocenters. The molecule has 1 aliphatic heterocycles. The van der Waals surface area contributed by atoms with Gasteiger partial charge in [0.25, 0.3) is 0 Å². The van der Waals surface area contributed by atoms with Gasteiger partial charge in [-0.3, -0.25) is 19.2 Å². The fourth-order valence-electron chi connectivity index (χ4n) is 8.31. The number of carbonyl (C=O) groups excluding carboxylic acids is 4. The molecule has 0 aromatic heterocycles. The van der Waals surface area contributed by atoms with Crippen LogP contribution >= 0.6 is 0 Å². The van der Waals surface area contributed by atoms with E-state index >= 15 is 0 Å². The fourth-order valence-corrected chi connectivity index (χ4v) is 8.31. The molecule has 0 spiro atoms. The van der Waals surface area contributed by atoms with Gasteiger partial charge in [-0.1, -0.05) is 47.5 Å². The molecule has 1 N–H and O–H groups in total. The van der Waals surface area contributed by atoms with Crippen molar-refractivity contribution >= 4 is 23.9 Å². The first-order valence-electron chi connectivity index (χ1n) is 19.6. The lowest BCUT2D eigenvalue weighted by Crippen LogP contribution is -2.60. The molecule has 5 aliphatic carbocycles. The number of ether oxygens (including phenoxy) is 4. The summed E-state index contributed by atoms with van der Waals surface area (Å²) in [4.78, 5) is 46.6. The van der Waals surface area contributed by atoms with Gasteiger partial charge in [-0.15, -0.1) is 0 Å². The molecule has 6 rings (SSSR count). The van der Waals surface area contributed by atoms with Crippen LogP contribution < -0.4 is 0 Å². The average Bonchev–Trinajstić information content (AvgIpc) is 3.43. The van der Waals surface area contributed by atoms with Crippen molar-refractivity contribution in [3.05, 3.63) is 0 Å².